The van der Waals surface area contributed by atoms with E-state index in [1.165, 1.54) is 22.4 Å². The van der Waals surface area contributed by atoms with E-state index in [0.717, 1.165) is 10.9 Å². The highest BCUT2D eigenvalue weighted by Gasteiger charge is 2.43. The van der Waals surface area contributed by atoms with Gasteiger partial charge in [-0.15, -0.1) is 0 Å². The first-order valence-electron chi connectivity index (χ1n) is 10.2. The number of imidazole rings is 1. The summed E-state index contributed by atoms with van der Waals surface area (Å²) in [7, 11) is -1.38. The third-order valence-electron chi connectivity index (χ3n) is 6.23. The van der Waals surface area contributed by atoms with Crippen molar-refractivity contribution >= 4 is 34.6 Å². The van der Waals surface area contributed by atoms with Crippen LogP contribution in [0.5, 0.6) is 0 Å². The lowest BCUT2D eigenvalue weighted by atomic mass is 10.1. The quantitative estimate of drug-likeness (QED) is 0.526. The van der Waals surface area contributed by atoms with Crippen LogP contribution in [0, 0.1) is 0 Å². The van der Waals surface area contributed by atoms with Crippen LogP contribution in [0.1, 0.15) is 38.3 Å². The fraction of sp³-hybridized carbons (Fsp3) is 0.455. The number of hydrogen-bond acceptors (Lipinski definition) is 5. The first-order chi connectivity index (χ1) is 14.3. The summed E-state index contributed by atoms with van der Waals surface area (Å²) in [5, 5.41) is 0.933. The molecule has 1 atom stereocenters. The molecule has 0 saturated heterocycles. The molecule has 0 aliphatic carbocycles. The van der Waals surface area contributed by atoms with Crippen molar-refractivity contribution in [1.29, 1.82) is 0 Å². The van der Waals surface area contributed by atoms with Crippen molar-refractivity contribution in [2.45, 2.75) is 45.0 Å². The molecular formula is C22H32N4O3SSi. The highest BCUT2D eigenvalue weighted by Crippen LogP contribution is 2.36. The number of fused-ring (bicyclic) bond motifs is 1. The van der Waals surface area contributed by atoms with E-state index in [4.69, 9.17) is 14.7 Å². The first kappa shape index (κ1) is 23.6. The average molecular weight is 461 g/mol. The number of para-hydroxylation sites is 1. The van der Waals surface area contributed by atoms with Gasteiger partial charge in [-0.2, -0.15) is 12.7 Å². The second-order valence-corrected chi connectivity index (χ2v) is 16.7. The molecular weight excluding hydrogens is 428 g/mol. The van der Waals surface area contributed by atoms with Crippen molar-refractivity contribution in [3.05, 3.63) is 54.0 Å². The largest absolute Gasteiger partial charge is 0.369 e. The van der Waals surface area contributed by atoms with Gasteiger partial charge in [-0.25, -0.2) is 13.9 Å². The van der Waals surface area contributed by atoms with Crippen LogP contribution in [-0.4, -0.2) is 55.9 Å². The highest BCUT2D eigenvalue weighted by molar-refractivity contribution is 7.87. The van der Waals surface area contributed by atoms with Gasteiger partial charge >= 0.3 is 10.2 Å². The van der Waals surface area contributed by atoms with Gasteiger partial charge in [0, 0.05) is 32.8 Å². The SMILES string of the molecule is COC(c1cn(S(=O)(=O)N(C)C)c([Si](C)(C)C(C)(C)C)n1)c1ccc2ccccc2n1. The molecule has 0 radical (unpaired) electrons. The molecule has 0 aliphatic rings. The van der Waals surface area contributed by atoms with E-state index >= 15 is 0 Å². The Morgan fingerprint density at radius 3 is 2.26 bits per heavy atom. The number of pyridine rings is 1. The summed E-state index contributed by atoms with van der Waals surface area (Å²) in [6.45, 7) is 10.7. The predicted molar refractivity (Wildman–Crippen MR) is 128 cm³/mol. The molecule has 0 aliphatic heterocycles. The maximum atomic E-state index is 13.2. The van der Waals surface area contributed by atoms with E-state index in [2.05, 4.69) is 33.9 Å². The van der Waals surface area contributed by atoms with E-state index in [9.17, 15) is 8.42 Å². The Morgan fingerprint density at radius 2 is 1.68 bits per heavy atom. The Labute approximate surface area is 186 Å². The van der Waals surface area contributed by atoms with Crippen molar-refractivity contribution in [3.63, 3.8) is 0 Å². The maximum Gasteiger partial charge on any atom is 0.308 e. The summed E-state index contributed by atoms with van der Waals surface area (Å²) in [4.78, 5) is 9.63. The lowest BCUT2D eigenvalue weighted by molar-refractivity contribution is 0.130. The smallest absolute Gasteiger partial charge is 0.308 e. The van der Waals surface area contributed by atoms with Gasteiger partial charge in [-0.3, -0.25) is 0 Å². The van der Waals surface area contributed by atoms with Gasteiger partial charge in [-0.05, 0) is 17.2 Å². The number of methoxy groups -OCH3 is 1. The molecule has 1 aromatic carbocycles. The van der Waals surface area contributed by atoms with Crippen LogP contribution in [0.15, 0.2) is 42.6 Å². The summed E-state index contributed by atoms with van der Waals surface area (Å²) < 4.78 is 34.7. The summed E-state index contributed by atoms with van der Waals surface area (Å²) >= 11 is 0. The van der Waals surface area contributed by atoms with Gasteiger partial charge in [0.2, 0.25) is 0 Å². The van der Waals surface area contributed by atoms with Crippen LogP contribution >= 0.6 is 0 Å². The number of rotatable bonds is 6. The molecule has 3 rings (SSSR count). The molecule has 3 aromatic rings. The van der Waals surface area contributed by atoms with Crippen LogP contribution in [0.3, 0.4) is 0 Å². The Morgan fingerprint density at radius 1 is 1.03 bits per heavy atom. The van der Waals surface area contributed by atoms with Gasteiger partial charge in [0.1, 0.15) is 19.6 Å². The minimum atomic E-state index is -3.74. The van der Waals surface area contributed by atoms with Gasteiger partial charge < -0.3 is 4.74 Å². The van der Waals surface area contributed by atoms with Crippen LogP contribution < -0.4 is 5.45 Å². The molecule has 0 amide bonds. The molecule has 0 fully saturated rings. The van der Waals surface area contributed by atoms with E-state index in [1.807, 2.05) is 36.4 Å². The maximum absolute atomic E-state index is 13.2. The zero-order valence-corrected chi connectivity index (χ0v) is 21.4. The average Bonchev–Trinajstić information content (AvgIpc) is 3.14. The van der Waals surface area contributed by atoms with Crippen LogP contribution in [0.2, 0.25) is 18.1 Å². The van der Waals surface area contributed by atoms with E-state index in [0.29, 0.717) is 16.8 Å². The molecule has 0 saturated carbocycles. The second kappa shape index (κ2) is 8.12. The Balaban J connectivity index is 2.22. The second-order valence-electron chi connectivity index (χ2n) is 9.49. The molecule has 0 N–H and O–H groups in total. The number of benzene rings is 1. The van der Waals surface area contributed by atoms with Crippen molar-refractivity contribution in [2.24, 2.45) is 0 Å². The summed E-state index contributed by atoms with van der Waals surface area (Å²) in [5.41, 5.74) is 2.68. The molecule has 7 nitrogen and oxygen atoms in total. The normalized spacial score (nSPS) is 14.4. The van der Waals surface area contributed by atoms with Crippen molar-refractivity contribution in [1.82, 2.24) is 18.2 Å². The molecule has 1 unspecified atom stereocenters. The number of nitrogens with zero attached hydrogens (tertiary/aromatic N) is 4. The molecule has 168 valence electrons. The highest BCUT2D eigenvalue weighted by atomic mass is 32.2. The van der Waals surface area contributed by atoms with Crippen molar-refractivity contribution in [2.75, 3.05) is 21.2 Å². The molecule has 0 bridgehead atoms. The van der Waals surface area contributed by atoms with Gasteiger partial charge in [-0.1, -0.05) is 58.1 Å². The molecule has 0 spiro atoms. The zero-order valence-electron chi connectivity index (χ0n) is 19.5. The van der Waals surface area contributed by atoms with E-state index in [-0.39, 0.29) is 5.04 Å². The van der Waals surface area contributed by atoms with Gasteiger partial charge in [0.15, 0.2) is 0 Å². The minimum absolute atomic E-state index is 0.0982. The Bertz CT molecular complexity index is 1200. The fourth-order valence-electron chi connectivity index (χ4n) is 3.23. The first-order valence-corrected chi connectivity index (χ1v) is 14.6. The predicted octanol–water partition coefficient (Wildman–Crippen LogP) is 3.54. The van der Waals surface area contributed by atoms with Gasteiger partial charge in [0.25, 0.3) is 0 Å². The third-order valence-corrected chi connectivity index (χ3v) is 13.3. The van der Waals surface area contributed by atoms with Gasteiger partial charge in [0.05, 0.1) is 16.9 Å². The Hall–Kier alpha value is -2.07. The number of ether oxygens (including phenoxy) is 1. The Kier molecular flexibility index (Phi) is 6.18. The molecule has 2 aromatic heterocycles. The van der Waals surface area contributed by atoms with Crippen molar-refractivity contribution in [3.8, 4) is 0 Å². The monoisotopic (exact) mass is 460 g/mol. The topological polar surface area (TPSA) is 77.3 Å². The molecule has 9 heteroatoms. The van der Waals surface area contributed by atoms with Crippen LogP contribution in [0.4, 0.5) is 0 Å². The summed E-state index contributed by atoms with van der Waals surface area (Å²) in [6.07, 6.45) is 1.02. The standard InChI is InChI=1S/C22H32N4O3SSi/c1-22(2,3)31(7,8)21-24-19(15-26(21)30(27,28)25(4)5)20(29-6)18-14-13-16-11-9-10-12-17(16)23-18/h9-15,20H,1-8H3. The summed E-state index contributed by atoms with van der Waals surface area (Å²) in [6, 6.07) is 11.8. The zero-order chi connectivity index (χ0) is 23.2. The fourth-order valence-corrected chi connectivity index (χ4v) is 6.81. The lowest BCUT2D eigenvalue weighted by Gasteiger charge is -2.36. The van der Waals surface area contributed by atoms with Crippen LogP contribution in [-0.2, 0) is 14.9 Å². The van der Waals surface area contributed by atoms with Crippen LogP contribution in [0.25, 0.3) is 10.9 Å². The third kappa shape index (κ3) is 4.19. The molecule has 31 heavy (non-hydrogen) atoms. The number of hydrogen-bond donors (Lipinski definition) is 0. The van der Waals surface area contributed by atoms with E-state index < -0.39 is 24.4 Å². The van der Waals surface area contributed by atoms with Crippen molar-refractivity contribution < 1.29 is 13.2 Å². The minimum Gasteiger partial charge on any atom is -0.369 e. The number of aromatic nitrogens is 3. The lowest BCUT2D eigenvalue weighted by Crippen LogP contribution is -2.56. The van der Waals surface area contributed by atoms with E-state index in [1.54, 1.807) is 13.3 Å². The summed E-state index contributed by atoms with van der Waals surface area (Å²) in [5.74, 6) is 0. The molecule has 2 heterocycles.